The van der Waals surface area contributed by atoms with Crippen LogP contribution in [0.15, 0.2) is 30.3 Å². The van der Waals surface area contributed by atoms with Crippen molar-refractivity contribution in [2.45, 2.75) is 24.8 Å². The fraction of sp³-hybridized carbons (Fsp3) is 0.348. The van der Waals surface area contributed by atoms with Gasteiger partial charge in [-0.15, -0.1) is 10.2 Å². The van der Waals surface area contributed by atoms with Gasteiger partial charge >= 0.3 is 12.1 Å². The number of rotatable bonds is 8. The Morgan fingerprint density at radius 2 is 1.89 bits per heavy atom. The molecule has 1 N–H and O–H groups in total. The van der Waals surface area contributed by atoms with Crippen molar-refractivity contribution in [3.63, 3.8) is 0 Å². The van der Waals surface area contributed by atoms with E-state index in [9.17, 15) is 23.1 Å². The number of ether oxygens (including phenoxy) is 5. The maximum Gasteiger partial charge on any atom is 0.452 e. The number of benzene rings is 2. The van der Waals surface area contributed by atoms with Crippen LogP contribution < -0.4 is 14.2 Å². The first kappa shape index (κ1) is 26.5. The fourth-order valence-corrected chi connectivity index (χ4v) is 4.35. The van der Waals surface area contributed by atoms with E-state index in [4.69, 9.17) is 35.3 Å². The topological polar surface area (TPSA) is 114 Å². The fourth-order valence-electron chi connectivity index (χ4n) is 4.13. The molecule has 2 aromatic carbocycles. The van der Waals surface area contributed by atoms with Gasteiger partial charge in [0.15, 0.2) is 24.1 Å². The number of hydrogen-bond acceptors (Lipinski definition) is 8. The van der Waals surface area contributed by atoms with Gasteiger partial charge in [0.25, 0.3) is 0 Å². The molecule has 0 fully saturated rings. The molecule has 0 radical (unpaired) electrons. The van der Waals surface area contributed by atoms with Crippen molar-refractivity contribution in [3.05, 3.63) is 58.1 Å². The van der Waals surface area contributed by atoms with Crippen LogP contribution >= 0.6 is 11.6 Å². The highest BCUT2D eigenvalue weighted by atomic mass is 35.5. The second kappa shape index (κ2) is 10.4. The lowest BCUT2D eigenvalue weighted by molar-refractivity contribution is -0.146. The summed E-state index contributed by atoms with van der Waals surface area (Å²) in [7, 11) is 4.14. The molecule has 2 atom stereocenters. The average molecular weight is 544 g/mol. The third-order valence-corrected chi connectivity index (χ3v) is 5.73. The summed E-state index contributed by atoms with van der Waals surface area (Å²) in [5.74, 6) is -2.66. The summed E-state index contributed by atoms with van der Waals surface area (Å²) in [6.45, 7) is -0.321. The number of carboxylic acid groups (broad SMARTS) is 1. The number of aliphatic carboxylic acids is 1. The third-order valence-electron chi connectivity index (χ3n) is 5.51. The van der Waals surface area contributed by atoms with Gasteiger partial charge in [0.05, 0.1) is 26.3 Å². The second-order valence-electron chi connectivity index (χ2n) is 7.79. The van der Waals surface area contributed by atoms with E-state index in [1.54, 1.807) is 18.2 Å². The Morgan fingerprint density at radius 1 is 1.14 bits per heavy atom. The zero-order chi connectivity index (χ0) is 26.9. The number of carboxylic acids is 1. The lowest BCUT2D eigenvalue weighted by Crippen LogP contribution is -2.18. The number of aromatic nitrogens is 3. The number of carbonyl (C=O) groups is 1. The van der Waals surface area contributed by atoms with Crippen LogP contribution in [0, 0.1) is 0 Å². The molecular formula is C23H21ClF3N3O7. The molecular weight excluding hydrogens is 523 g/mol. The maximum absolute atomic E-state index is 14.1. The third kappa shape index (κ3) is 5.02. The van der Waals surface area contributed by atoms with E-state index in [2.05, 4.69) is 10.2 Å². The van der Waals surface area contributed by atoms with Crippen LogP contribution in [-0.2, 0) is 20.4 Å². The van der Waals surface area contributed by atoms with E-state index in [0.29, 0.717) is 15.9 Å². The van der Waals surface area contributed by atoms with E-state index in [-0.39, 0.29) is 40.4 Å². The summed E-state index contributed by atoms with van der Waals surface area (Å²) in [6.07, 6.45) is -8.31. The molecule has 0 bridgehead atoms. The second-order valence-corrected chi connectivity index (χ2v) is 8.23. The van der Waals surface area contributed by atoms with Crippen molar-refractivity contribution in [1.82, 2.24) is 14.8 Å². The van der Waals surface area contributed by atoms with E-state index in [0.717, 1.165) is 0 Å². The monoisotopic (exact) mass is 543 g/mol. The SMILES string of the molecule is COCOc1cc(Cl)cc2c1-n1c(nnc1C(F)(F)F)[C@@H](CC(=O)O)O[C@@H]2c1cccc(OC)c1OC. The highest BCUT2D eigenvalue weighted by Gasteiger charge is 2.45. The van der Waals surface area contributed by atoms with Crippen molar-refractivity contribution < 1.29 is 46.8 Å². The minimum absolute atomic E-state index is 0.0951. The van der Waals surface area contributed by atoms with Crippen molar-refractivity contribution in [2.75, 3.05) is 28.1 Å². The number of nitrogens with zero attached hydrogens (tertiary/aromatic N) is 3. The minimum atomic E-state index is -4.96. The maximum atomic E-state index is 14.1. The quantitative estimate of drug-likeness (QED) is 0.408. The van der Waals surface area contributed by atoms with Gasteiger partial charge in [-0.1, -0.05) is 23.7 Å². The molecule has 0 unspecified atom stereocenters. The van der Waals surface area contributed by atoms with Crippen LogP contribution in [0.25, 0.3) is 5.69 Å². The molecule has 1 aliphatic heterocycles. The van der Waals surface area contributed by atoms with Gasteiger partial charge in [-0.25, -0.2) is 0 Å². The molecule has 4 rings (SSSR count). The lowest BCUT2D eigenvalue weighted by Gasteiger charge is -2.25. The Labute approximate surface area is 213 Å². The number of halogens is 4. The van der Waals surface area contributed by atoms with Crippen molar-refractivity contribution in [1.29, 1.82) is 0 Å². The predicted molar refractivity (Wildman–Crippen MR) is 121 cm³/mol. The highest BCUT2D eigenvalue weighted by Crippen LogP contribution is 2.49. The first-order chi connectivity index (χ1) is 17.6. The van der Waals surface area contributed by atoms with E-state index in [1.807, 2.05) is 0 Å². The van der Waals surface area contributed by atoms with Gasteiger partial charge in [0.1, 0.15) is 18.0 Å². The Bertz CT molecular complexity index is 1320. The molecule has 1 aromatic heterocycles. The molecule has 0 amide bonds. The molecule has 0 spiro atoms. The summed E-state index contributed by atoms with van der Waals surface area (Å²) in [6, 6.07) is 7.57. The van der Waals surface area contributed by atoms with Crippen LogP contribution in [0.2, 0.25) is 5.02 Å². The number of methoxy groups -OCH3 is 3. The summed E-state index contributed by atoms with van der Waals surface area (Å²) in [4.78, 5) is 11.7. The number of fused-ring (bicyclic) bond motifs is 3. The molecule has 2 heterocycles. The normalized spacial score (nSPS) is 16.9. The molecule has 1 aliphatic rings. The average Bonchev–Trinajstić information content (AvgIpc) is 3.24. The molecule has 198 valence electrons. The van der Waals surface area contributed by atoms with Gasteiger partial charge in [-0.2, -0.15) is 13.2 Å². The Morgan fingerprint density at radius 3 is 2.51 bits per heavy atom. The standard InChI is InChI=1S/C23H21ClF3N3O7/c1-33-10-36-15-8-11(24)7-13-18(15)30-21(28-29-22(30)23(25,26)27)16(9-17(31)32)37-19(13)12-5-4-6-14(34-2)20(12)35-3/h4-8,16,19H,9-10H2,1-3H3,(H,31,32)/t16-,19-/m1/s1. The lowest BCUT2D eigenvalue weighted by atomic mass is 9.97. The molecule has 14 heteroatoms. The van der Waals surface area contributed by atoms with E-state index >= 15 is 0 Å². The Balaban J connectivity index is 2.11. The highest BCUT2D eigenvalue weighted by molar-refractivity contribution is 6.30. The summed E-state index contributed by atoms with van der Waals surface area (Å²) >= 11 is 6.36. The van der Waals surface area contributed by atoms with E-state index in [1.165, 1.54) is 33.5 Å². The first-order valence-corrected chi connectivity index (χ1v) is 11.0. The largest absolute Gasteiger partial charge is 0.493 e. The van der Waals surface area contributed by atoms with E-state index < -0.39 is 36.6 Å². The number of hydrogen-bond donors (Lipinski definition) is 1. The van der Waals surface area contributed by atoms with Crippen LogP contribution in [0.4, 0.5) is 13.2 Å². The van der Waals surface area contributed by atoms with Crippen molar-refractivity contribution in [3.8, 4) is 22.9 Å². The van der Waals surface area contributed by atoms with Crippen LogP contribution in [-0.4, -0.2) is 54.0 Å². The van der Waals surface area contributed by atoms with Crippen molar-refractivity contribution in [2.24, 2.45) is 0 Å². The predicted octanol–water partition coefficient (Wildman–Crippen LogP) is 4.57. The zero-order valence-electron chi connectivity index (χ0n) is 19.7. The van der Waals surface area contributed by atoms with Crippen molar-refractivity contribution >= 4 is 17.6 Å². The van der Waals surface area contributed by atoms with Gasteiger partial charge in [-0.3, -0.25) is 9.36 Å². The van der Waals surface area contributed by atoms with Gasteiger partial charge < -0.3 is 28.8 Å². The first-order valence-electron chi connectivity index (χ1n) is 10.7. The molecule has 37 heavy (non-hydrogen) atoms. The minimum Gasteiger partial charge on any atom is -0.493 e. The van der Waals surface area contributed by atoms with Crippen LogP contribution in [0.3, 0.4) is 0 Å². The van der Waals surface area contributed by atoms with Crippen LogP contribution in [0.1, 0.15) is 41.4 Å². The number of alkyl halides is 3. The summed E-state index contributed by atoms with van der Waals surface area (Å²) in [5.41, 5.74) is 0.312. The summed E-state index contributed by atoms with van der Waals surface area (Å²) < 4.78 is 70.7. The van der Waals surface area contributed by atoms with Gasteiger partial charge in [-0.05, 0) is 12.1 Å². The smallest absolute Gasteiger partial charge is 0.452 e. The molecule has 3 aromatic rings. The zero-order valence-corrected chi connectivity index (χ0v) is 20.5. The summed E-state index contributed by atoms with van der Waals surface area (Å²) in [5, 5.41) is 16.7. The van der Waals surface area contributed by atoms with Gasteiger partial charge in [0.2, 0.25) is 5.82 Å². The Hall–Kier alpha value is -3.55. The molecule has 0 aliphatic carbocycles. The van der Waals surface area contributed by atoms with Gasteiger partial charge in [0, 0.05) is 29.3 Å². The Kier molecular flexibility index (Phi) is 7.48. The van der Waals surface area contributed by atoms with Crippen LogP contribution in [0.5, 0.6) is 17.2 Å². The molecule has 0 saturated carbocycles. The number of para-hydroxylation sites is 1. The molecule has 10 nitrogen and oxygen atoms in total. The molecule has 0 saturated heterocycles.